The number of rotatable bonds is 8. The van der Waals surface area contributed by atoms with Crippen LogP contribution in [0.25, 0.3) is 11.3 Å². The highest BCUT2D eigenvalue weighted by Crippen LogP contribution is 2.19. The second kappa shape index (κ2) is 9.14. The zero-order chi connectivity index (χ0) is 19.1. The summed E-state index contributed by atoms with van der Waals surface area (Å²) in [4.78, 5) is 25.0. The van der Waals surface area contributed by atoms with E-state index in [9.17, 15) is 9.59 Å². The summed E-state index contributed by atoms with van der Waals surface area (Å²) in [6.07, 6.45) is 0.353. The van der Waals surface area contributed by atoms with Gasteiger partial charge in [0.25, 0.3) is 5.56 Å². The van der Waals surface area contributed by atoms with E-state index in [1.165, 1.54) is 10.7 Å². The molecule has 0 radical (unpaired) electrons. The molecule has 2 heterocycles. The lowest BCUT2D eigenvalue weighted by Crippen LogP contribution is -2.32. The van der Waals surface area contributed by atoms with Gasteiger partial charge in [-0.2, -0.15) is 5.10 Å². The normalized spacial score (nSPS) is 10.6. The second-order valence-electron chi connectivity index (χ2n) is 5.84. The van der Waals surface area contributed by atoms with Crippen molar-refractivity contribution in [3.63, 3.8) is 0 Å². The Bertz CT molecular complexity index is 934. The van der Waals surface area contributed by atoms with Crippen LogP contribution >= 0.6 is 11.3 Å². The second-order valence-corrected chi connectivity index (χ2v) is 6.88. The number of hydrogen-bond donors (Lipinski definition) is 1. The third-order valence-electron chi connectivity index (χ3n) is 3.89. The van der Waals surface area contributed by atoms with Crippen LogP contribution in [0.1, 0.15) is 11.8 Å². The van der Waals surface area contributed by atoms with E-state index in [0.29, 0.717) is 31.8 Å². The van der Waals surface area contributed by atoms with Gasteiger partial charge in [-0.1, -0.05) is 6.07 Å². The van der Waals surface area contributed by atoms with Crippen molar-refractivity contribution in [1.29, 1.82) is 0 Å². The predicted molar refractivity (Wildman–Crippen MR) is 106 cm³/mol. The number of aromatic nitrogens is 2. The molecule has 0 aliphatic heterocycles. The molecule has 1 aromatic carbocycles. The molecule has 3 rings (SSSR count). The Morgan fingerprint density at radius 3 is 2.70 bits per heavy atom. The summed E-state index contributed by atoms with van der Waals surface area (Å²) in [6.45, 7) is 3.22. The van der Waals surface area contributed by atoms with Crippen LogP contribution < -0.4 is 15.6 Å². The fourth-order valence-electron chi connectivity index (χ4n) is 2.59. The van der Waals surface area contributed by atoms with E-state index in [0.717, 1.165) is 16.2 Å². The molecule has 7 heteroatoms. The molecule has 0 aliphatic rings. The van der Waals surface area contributed by atoms with Crippen molar-refractivity contribution in [2.75, 3.05) is 13.2 Å². The van der Waals surface area contributed by atoms with Gasteiger partial charge in [-0.25, -0.2) is 4.68 Å². The largest absolute Gasteiger partial charge is 0.494 e. The number of nitrogens with zero attached hydrogens (tertiary/aromatic N) is 2. The van der Waals surface area contributed by atoms with Crippen LogP contribution in [0.5, 0.6) is 5.75 Å². The number of amides is 1. The molecular weight excluding hydrogens is 362 g/mol. The molecule has 0 bridgehead atoms. The van der Waals surface area contributed by atoms with Crippen LogP contribution in [0.15, 0.2) is 58.7 Å². The highest BCUT2D eigenvalue weighted by molar-refractivity contribution is 7.10. The molecule has 0 unspecified atom stereocenters. The van der Waals surface area contributed by atoms with Gasteiger partial charge in [-0.3, -0.25) is 9.59 Å². The van der Waals surface area contributed by atoms with Gasteiger partial charge in [0.2, 0.25) is 5.91 Å². The molecule has 0 saturated carbocycles. The quantitative estimate of drug-likeness (QED) is 0.649. The molecule has 27 heavy (non-hydrogen) atoms. The lowest BCUT2D eigenvalue weighted by molar-refractivity contribution is -0.120. The van der Waals surface area contributed by atoms with E-state index >= 15 is 0 Å². The molecule has 1 N–H and O–H groups in total. The molecule has 0 fully saturated rings. The lowest BCUT2D eigenvalue weighted by atomic mass is 10.1. The first-order chi connectivity index (χ1) is 13.2. The van der Waals surface area contributed by atoms with Crippen molar-refractivity contribution >= 4 is 17.2 Å². The van der Waals surface area contributed by atoms with Crippen molar-refractivity contribution in [2.24, 2.45) is 0 Å². The minimum absolute atomic E-state index is 0.0619. The molecule has 0 saturated heterocycles. The maximum absolute atomic E-state index is 12.0. The van der Waals surface area contributed by atoms with Crippen molar-refractivity contribution in [3.8, 4) is 17.0 Å². The topological polar surface area (TPSA) is 73.2 Å². The number of carbonyl (C=O) groups excluding carboxylic acids is 1. The highest BCUT2D eigenvalue weighted by atomic mass is 32.1. The van der Waals surface area contributed by atoms with Gasteiger partial charge in [-0.05, 0) is 48.7 Å². The van der Waals surface area contributed by atoms with Crippen LogP contribution in [0.3, 0.4) is 0 Å². The van der Waals surface area contributed by atoms with Gasteiger partial charge >= 0.3 is 0 Å². The SMILES string of the molecule is CCOc1ccc(-c2ccc(=O)n(CCNC(=O)Cc3cccs3)n2)cc1. The number of carbonyl (C=O) groups is 1. The molecule has 1 amide bonds. The number of ether oxygens (including phenoxy) is 1. The minimum Gasteiger partial charge on any atom is -0.494 e. The standard InChI is InChI=1S/C20H21N3O3S/c1-2-26-16-7-5-15(6-8-16)18-9-10-20(25)23(22-18)12-11-21-19(24)14-17-4-3-13-27-17/h3-10,13H,2,11-12,14H2,1H3,(H,21,24). The average molecular weight is 383 g/mol. The highest BCUT2D eigenvalue weighted by Gasteiger charge is 2.06. The summed E-state index contributed by atoms with van der Waals surface area (Å²) >= 11 is 1.55. The summed E-state index contributed by atoms with van der Waals surface area (Å²) in [7, 11) is 0. The van der Waals surface area contributed by atoms with Gasteiger partial charge < -0.3 is 10.1 Å². The lowest BCUT2D eigenvalue weighted by Gasteiger charge is -2.09. The molecule has 6 nitrogen and oxygen atoms in total. The first kappa shape index (κ1) is 18.8. The predicted octanol–water partition coefficient (Wildman–Crippen LogP) is 2.73. The van der Waals surface area contributed by atoms with Gasteiger partial charge in [0.05, 0.1) is 25.3 Å². The third kappa shape index (κ3) is 5.27. The molecule has 3 aromatic rings. The van der Waals surface area contributed by atoms with Crippen LogP contribution in [0, 0.1) is 0 Å². The van der Waals surface area contributed by atoms with E-state index in [1.807, 2.05) is 48.7 Å². The summed E-state index contributed by atoms with van der Waals surface area (Å²) in [5, 5.41) is 9.18. The number of hydrogen-bond acceptors (Lipinski definition) is 5. The maximum Gasteiger partial charge on any atom is 0.266 e. The van der Waals surface area contributed by atoms with Crippen LogP contribution in [-0.2, 0) is 17.8 Å². The van der Waals surface area contributed by atoms with E-state index in [2.05, 4.69) is 10.4 Å². The first-order valence-corrected chi connectivity index (χ1v) is 9.64. The summed E-state index contributed by atoms with van der Waals surface area (Å²) in [6, 6.07) is 14.6. The monoisotopic (exact) mass is 383 g/mol. The Hall–Kier alpha value is -2.93. The van der Waals surface area contributed by atoms with Crippen LogP contribution in [0.2, 0.25) is 0 Å². The number of benzene rings is 1. The van der Waals surface area contributed by atoms with Crippen molar-refractivity contribution in [2.45, 2.75) is 19.9 Å². The molecule has 0 spiro atoms. The summed E-state index contributed by atoms with van der Waals surface area (Å²) in [5.74, 6) is 0.733. The fourth-order valence-corrected chi connectivity index (χ4v) is 3.29. The van der Waals surface area contributed by atoms with Gasteiger partial charge in [0.15, 0.2) is 0 Å². The maximum atomic E-state index is 12.0. The Morgan fingerprint density at radius 1 is 1.19 bits per heavy atom. The Labute approximate surface area is 161 Å². The van der Waals surface area contributed by atoms with Gasteiger partial charge in [0.1, 0.15) is 5.75 Å². The molecule has 2 aromatic heterocycles. The van der Waals surface area contributed by atoms with Crippen LogP contribution in [-0.4, -0.2) is 28.8 Å². The smallest absolute Gasteiger partial charge is 0.266 e. The molecule has 0 atom stereocenters. The fraction of sp³-hybridized carbons (Fsp3) is 0.250. The van der Waals surface area contributed by atoms with E-state index in [-0.39, 0.29) is 11.5 Å². The Balaban J connectivity index is 1.61. The average Bonchev–Trinajstić information content (AvgIpc) is 3.17. The number of nitrogens with one attached hydrogen (secondary N) is 1. The molecular formula is C20H21N3O3S. The minimum atomic E-state index is -0.197. The Kier molecular flexibility index (Phi) is 6.38. The summed E-state index contributed by atoms with van der Waals surface area (Å²) < 4.78 is 6.81. The zero-order valence-corrected chi connectivity index (χ0v) is 15.9. The van der Waals surface area contributed by atoms with Crippen molar-refractivity contribution < 1.29 is 9.53 Å². The van der Waals surface area contributed by atoms with Crippen molar-refractivity contribution in [1.82, 2.24) is 15.1 Å². The molecule has 0 aliphatic carbocycles. The summed E-state index contributed by atoms with van der Waals surface area (Å²) in [5.41, 5.74) is 1.40. The first-order valence-electron chi connectivity index (χ1n) is 8.76. The molecule has 140 valence electrons. The van der Waals surface area contributed by atoms with Gasteiger partial charge in [-0.15, -0.1) is 11.3 Å². The van der Waals surface area contributed by atoms with E-state index < -0.39 is 0 Å². The van der Waals surface area contributed by atoms with Crippen LogP contribution in [0.4, 0.5) is 0 Å². The zero-order valence-electron chi connectivity index (χ0n) is 15.1. The van der Waals surface area contributed by atoms with Crippen molar-refractivity contribution in [3.05, 3.63) is 69.1 Å². The van der Waals surface area contributed by atoms with Gasteiger partial charge in [0, 0.05) is 23.1 Å². The third-order valence-corrected chi connectivity index (χ3v) is 4.76. The van der Waals surface area contributed by atoms with E-state index in [4.69, 9.17) is 4.74 Å². The Morgan fingerprint density at radius 2 is 2.00 bits per heavy atom. The number of thiophene rings is 1. The van der Waals surface area contributed by atoms with E-state index in [1.54, 1.807) is 17.4 Å².